The van der Waals surface area contributed by atoms with E-state index in [0.717, 1.165) is 16.9 Å². The van der Waals surface area contributed by atoms with Crippen molar-refractivity contribution in [1.29, 1.82) is 0 Å². The molecule has 2 aromatic carbocycles. The molecular weight excluding hydrogens is 306 g/mol. The Kier molecular flexibility index (Phi) is 5.99. The highest BCUT2D eigenvalue weighted by atomic mass is 35.5. The third-order valence-electron chi connectivity index (χ3n) is 2.83. The van der Waals surface area contributed by atoms with Gasteiger partial charge in [0.05, 0.1) is 13.2 Å². The number of nitrogens with two attached hydrogens (primary N) is 1. The number of rotatable bonds is 7. The molecule has 0 aliphatic heterocycles. The standard InChI is InChI=1S/C16H16ClNO2S/c17-15-7-2-1-4-13(15)11-19-8-9-20-14-6-3-5-12(10-14)16(18)21/h1-7,10H,8-9,11H2,(H2,18,21). The van der Waals surface area contributed by atoms with Gasteiger partial charge in [-0.2, -0.15) is 0 Å². The zero-order valence-electron chi connectivity index (χ0n) is 11.4. The molecule has 21 heavy (non-hydrogen) atoms. The van der Waals surface area contributed by atoms with Gasteiger partial charge in [0.2, 0.25) is 0 Å². The van der Waals surface area contributed by atoms with E-state index in [1.54, 1.807) is 0 Å². The zero-order chi connectivity index (χ0) is 15.1. The van der Waals surface area contributed by atoms with E-state index in [4.69, 9.17) is 39.0 Å². The minimum Gasteiger partial charge on any atom is -0.491 e. The first-order valence-corrected chi connectivity index (χ1v) is 7.29. The molecule has 0 saturated heterocycles. The van der Waals surface area contributed by atoms with Gasteiger partial charge in [-0.15, -0.1) is 0 Å². The summed E-state index contributed by atoms with van der Waals surface area (Å²) in [6.45, 7) is 1.39. The lowest BCUT2D eigenvalue weighted by atomic mass is 10.2. The molecule has 2 N–H and O–H groups in total. The van der Waals surface area contributed by atoms with Gasteiger partial charge in [0.1, 0.15) is 17.3 Å². The number of benzene rings is 2. The summed E-state index contributed by atoms with van der Waals surface area (Å²) < 4.78 is 11.1. The molecule has 0 aliphatic rings. The van der Waals surface area contributed by atoms with Crippen LogP contribution in [0.5, 0.6) is 5.75 Å². The molecule has 0 heterocycles. The van der Waals surface area contributed by atoms with E-state index in [1.165, 1.54) is 0 Å². The summed E-state index contributed by atoms with van der Waals surface area (Å²) in [4.78, 5) is 0.357. The Morgan fingerprint density at radius 2 is 1.90 bits per heavy atom. The molecule has 0 aromatic heterocycles. The first-order valence-electron chi connectivity index (χ1n) is 6.50. The van der Waals surface area contributed by atoms with Crippen LogP contribution in [-0.2, 0) is 11.3 Å². The molecule has 0 spiro atoms. The summed E-state index contributed by atoms with van der Waals surface area (Å²) in [6.07, 6.45) is 0. The van der Waals surface area contributed by atoms with Crippen LogP contribution in [0.25, 0.3) is 0 Å². The van der Waals surface area contributed by atoms with Crippen molar-refractivity contribution in [3.8, 4) is 5.75 Å². The zero-order valence-corrected chi connectivity index (χ0v) is 13.0. The molecule has 0 bridgehead atoms. The Bertz CT molecular complexity index is 619. The van der Waals surface area contributed by atoms with Crippen LogP contribution in [0.4, 0.5) is 0 Å². The van der Waals surface area contributed by atoms with E-state index < -0.39 is 0 Å². The predicted octanol–water partition coefficient (Wildman–Crippen LogP) is 3.57. The topological polar surface area (TPSA) is 44.5 Å². The van der Waals surface area contributed by atoms with E-state index >= 15 is 0 Å². The quantitative estimate of drug-likeness (QED) is 0.625. The van der Waals surface area contributed by atoms with Gasteiger partial charge >= 0.3 is 0 Å². The highest BCUT2D eigenvalue weighted by molar-refractivity contribution is 7.80. The Hall–Kier alpha value is -1.62. The maximum absolute atomic E-state index is 6.04. The minimum atomic E-state index is 0.357. The molecule has 2 aromatic rings. The van der Waals surface area contributed by atoms with Crippen LogP contribution < -0.4 is 10.5 Å². The molecule has 0 aliphatic carbocycles. The monoisotopic (exact) mass is 321 g/mol. The molecule has 0 radical (unpaired) electrons. The van der Waals surface area contributed by atoms with Crippen molar-refractivity contribution in [2.24, 2.45) is 5.73 Å². The van der Waals surface area contributed by atoms with E-state index in [1.807, 2.05) is 48.5 Å². The fourth-order valence-corrected chi connectivity index (χ4v) is 2.07. The fraction of sp³-hybridized carbons (Fsp3) is 0.188. The van der Waals surface area contributed by atoms with E-state index in [-0.39, 0.29) is 0 Å². The Balaban J connectivity index is 1.74. The lowest BCUT2D eigenvalue weighted by Gasteiger charge is -2.09. The van der Waals surface area contributed by atoms with Crippen LogP contribution >= 0.6 is 23.8 Å². The lowest BCUT2D eigenvalue weighted by molar-refractivity contribution is 0.0889. The van der Waals surface area contributed by atoms with Gasteiger partial charge in [0.25, 0.3) is 0 Å². The van der Waals surface area contributed by atoms with Crippen LogP contribution in [0.2, 0.25) is 5.02 Å². The summed E-state index contributed by atoms with van der Waals surface area (Å²) in [5.41, 5.74) is 7.33. The molecule has 0 amide bonds. The van der Waals surface area contributed by atoms with E-state index in [9.17, 15) is 0 Å². The number of hydrogen-bond donors (Lipinski definition) is 1. The molecule has 0 unspecified atom stereocenters. The summed E-state index contributed by atoms with van der Waals surface area (Å²) in [5, 5.41) is 0.711. The Morgan fingerprint density at radius 3 is 2.67 bits per heavy atom. The van der Waals surface area contributed by atoms with Gasteiger partial charge in [-0.3, -0.25) is 0 Å². The summed E-state index contributed by atoms with van der Waals surface area (Å²) in [7, 11) is 0. The first-order chi connectivity index (χ1) is 10.2. The van der Waals surface area contributed by atoms with E-state index in [0.29, 0.717) is 29.8 Å². The molecule has 5 heteroatoms. The van der Waals surface area contributed by atoms with E-state index in [2.05, 4.69) is 0 Å². The van der Waals surface area contributed by atoms with Crippen LogP contribution in [-0.4, -0.2) is 18.2 Å². The molecule has 0 saturated carbocycles. The maximum Gasteiger partial charge on any atom is 0.120 e. The Morgan fingerprint density at radius 1 is 1.10 bits per heavy atom. The summed E-state index contributed by atoms with van der Waals surface area (Å²) >= 11 is 11.0. The van der Waals surface area contributed by atoms with Crippen LogP contribution in [0.15, 0.2) is 48.5 Å². The van der Waals surface area contributed by atoms with Crippen LogP contribution in [0, 0.1) is 0 Å². The SMILES string of the molecule is NC(=S)c1cccc(OCCOCc2ccccc2Cl)c1. The number of hydrogen-bond acceptors (Lipinski definition) is 3. The number of thiocarbonyl (C=S) groups is 1. The van der Waals surface area contributed by atoms with Crippen molar-refractivity contribution < 1.29 is 9.47 Å². The van der Waals surface area contributed by atoms with Gasteiger partial charge in [-0.05, 0) is 23.8 Å². The molecule has 0 atom stereocenters. The molecule has 3 nitrogen and oxygen atoms in total. The van der Waals surface area contributed by atoms with Crippen LogP contribution in [0.1, 0.15) is 11.1 Å². The van der Waals surface area contributed by atoms with Gasteiger partial charge < -0.3 is 15.2 Å². The highest BCUT2D eigenvalue weighted by Crippen LogP contribution is 2.16. The van der Waals surface area contributed by atoms with Crippen molar-refractivity contribution in [3.63, 3.8) is 0 Å². The smallest absolute Gasteiger partial charge is 0.120 e. The van der Waals surface area contributed by atoms with Crippen LogP contribution in [0.3, 0.4) is 0 Å². The number of halogens is 1. The van der Waals surface area contributed by atoms with Gasteiger partial charge in [0.15, 0.2) is 0 Å². The van der Waals surface area contributed by atoms with Crippen molar-refractivity contribution in [2.75, 3.05) is 13.2 Å². The fourth-order valence-electron chi connectivity index (χ4n) is 1.76. The molecule has 0 fully saturated rings. The highest BCUT2D eigenvalue weighted by Gasteiger charge is 2.01. The van der Waals surface area contributed by atoms with Gasteiger partial charge in [-0.25, -0.2) is 0 Å². The third-order valence-corrected chi connectivity index (χ3v) is 3.43. The van der Waals surface area contributed by atoms with Crippen molar-refractivity contribution in [2.45, 2.75) is 6.61 Å². The molecular formula is C16H16ClNO2S. The van der Waals surface area contributed by atoms with Gasteiger partial charge in [0, 0.05) is 10.6 Å². The largest absolute Gasteiger partial charge is 0.491 e. The normalized spacial score (nSPS) is 10.3. The second-order valence-corrected chi connectivity index (χ2v) is 5.23. The summed E-state index contributed by atoms with van der Waals surface area (Å²) in [5.74, 6) is 0.724. The van der Waals surface area contributed by atoms with Gasteiger partial charge in [-0.1, -0.05) is 54.2 Å². The minimum absolute atomic E-state index is 0.357. The van der Waals surface area contributed by atoms with Crippen molar-refractivity contribution in [1.82, 2.24) is 0 Å². The Labute approximate surface area is 134 Å². The number of ether oxygens (including phenoxy) is 2. The molecule has 2 rings (SSSR count). The molecule has 110 valence electrons. The average molecular weight is 322 g/mol. The third kappa shape index (κ3) is 5.01. The first kappa shape index (κ1) is 15.8. The lowest BCUT2D eigenvalue weighted by Crippen LogP contribution is -2.10. The summed E-state index contributed by atoms with van der Waals surface area (Å²) in [6, 6.07) is 15.0. The predicted molar refractivity (Wildman–Crippen MR) is 88.9 cm³/mol. The second kappa shape index (κ2) is 7.98. The average Bonchev–Trinajstić information content (AvgIpc) is 2.49. The van der Waals surface area contributed by atoms with Crippen molar-refractivity contribution >= 4 is 28.8 Å². The van der Waals surface area contributed by atoms with Crippen molar-refractivity contribution in [3.05, 3.63) is 64.7 Å². The second-order valence-electron chi connectivity index (χ2n) is 4.38. The maximum atomic E-state index is 6.04.